The molecule has 8 heteroatoms. The Morgan fingerprint density at radius 1 is 1.14 bits per heavy atom. The summed E-state index contributed by atoms with van der Waals surface area (Å²) in [7, 11) is 0. The van der Waals surface area contributed by atoms with Crippen molar-refractivity contribution in [3.05, 3.63) is 70.5 Å². The molecule has 1 N–H and O–H groups in total. The van der Waals surface area contributed by atoms with Crippen LogP contribution in [0.15, 0.2) is 53.6 Å². The number of pyridine rings is 1. The third kappa shape index (κ3) is 6.12. The van der Waals surface area contributed by atoms with E-state index in [1.807, 2.05) is 33.8 Å². The molecule has 4 rings (SSSR count). The lowest BCUT2D eigenvalue weighted by atomic mass is 9.86. The second kappa shape index (κ2) is 9.98. The molecule has 2 heterocycles. The van der Waals surface area contributed by atoms with Crippen molar-refractivity contribution in [3.63, 3.8) is 0 Å². The molecule has 0 amide bonds. The van der Waals surface area contributed by atoms with Gasteiger partial charge in [0.15, 0.2) is 5.82 Å². The summed E-state index contributed by atoms with van der Waals surface area (Å²) in [6, 6.07) is 10.5. The topological polar surface area (TPSA) is 86.1 Å². The number of carbonyl (C=O) groups excluding carboxylic acids is 1. The SMILES string of the molecule is Cc1ccn(-c2cccc(-c3nc(N[C@H]4CC[C@H](C(=O)OC(C)(C)C)CC4)ncc3F)c2)c(=O)c1. The van der Waals surface area contributed by atoms with Gasteiger partial charge in [-0.1, -0.05) is 12.1 Å². The summed E-state index contributed by atoms with van der Waals surface area (Å²) in [5, 5.41) is 3.29. The monoisotopic (exact) mass is 478 g/mol. The second-order valence-electron chi connectivity index (χ2n) is 10.1. The second-order valence-corrected chi connectivity index (χ2v) is 10.1. The summed E-state index contributed by atoms with van der Waals surface area (Å²) in [6.45, 7) is 7.47. The van der Waals surface area contributed by atoms with E-state index in [1.165, 1.54) is 4.57 Å². The Kier molecular flexibility index (Phi) is 7.00. The highest BCUT2D eigenvalue weighted by Gasteiger charge is 2.30. The Balaban J connectivity index is 1.48. The first-order chi connectivity index (χ1) is 16.6. The Bertz CT molecular complexity index is 1270. The quantitative estimate of drug-likeness (QED) is 0.516. The fourth-order valence-corrected chi connectivity index (χ4v) is 4.27. The molecule has 0 atom stereocenters. The summed E-state index contributed by atoms with van der Waals surface area (Å²) in [4.78, 5) is 33.3. The van der Waals surface area contributed by atoms with Crippen molar-refractivity contribution in [2.45, 2.75) is 65.0 Å². The predicted octanol–water partition coefficient (Wildman–Crippen LogP) is 5.05. The van der Waals surface area contributed by atoms with E-state index < -0.39 is 11.4 Å². The lowest BCUT2D eigenvalue weighted by Crippen LogP contribution is -2.34. The van der Waals surface area contributed by atoms with E-state index in [1.54, 1.807) is 36.5 Å². The van der Waals surface area contributed by atoms with Crippen molar-refractivity contribution in [2.24, 2.45) is 5.92 Å². The van der Waals surface area contributed by atoms with Crippen LogP contribution in [0, 0.1) is 18.7 Å². The van der Waals surface area contributed by atoms with Gasteiger partial charge in [0.1, 0.15) is 11.3 Å². The Morgan fingerprint density at radius 2 is 1.89 bits per heavy atom. The number of ether oxygens (including phenoxy) is 1. The Hall–Kier alpha value is -3.55. The highest BCUT2D eigenvalue weighted by molar-refractivity contribution is 5.73. The molecule has 1 aliphatic rings. The van der Waals surface area contributed by atoms with Crippen LogP contribution in [-0.2, 0) is 9.53 Å². The van der Waals surface area contributed by atoms with Crippen LogP contribution >= 0.6 is 0 Å². The van der Waals surface area contributed by atoms with E-state index in [0.29, 0.717) is 30.0 Å². The highest BCUT2D eigenvalue weighted by Crippen LogP contribution is 2.29. The van der Waals surface area contributed by atoms with E-state index >= 15 is 0 Å². The summed E-state index contributed by atoms with van der Waals surface area (Å²) in [5.41, 5.74) is 1.56. The number of aromatic nitrogens is 3. The fraction of sp³-hybridized carbons (Fsp3) is 0.407. The van der Waals surface area contributed by atoms with Gasteiger partial charge in [-0.15, -0.1) is 0 Å². The van der Waals surface area contributed by atoms with Gasteiger partial charge in [-0.25, -0.2) is 14.4 Å². The van der Waals surface area contributed by atoms with Crippen LogP contribution in [0.25, 0.3) is 16.9 Å². The lowest BCUT2D eigenvalue weighted by molar-refractivity contribution is -0.161. The fourth-order valence-electron chi connectivity index (χ4n) is 4.27. The minimum absolute atomic E-state index is 0.0875. The van der Waals surface area contributed by atoms with E-state index in [4.69, 9.17) is 4.74 Å². The van der Waals surface area contributed by atoms with E-state index in [0.717, 1.165) is 24.6 Å². The van der Waals surface area contributed by atoms with Crippen molar-refractivity contribution in [3.8, 4) is 16.9 Å². The van der Waals surface area contributed by atoms with Crippen LogP contribution in [0.2, 0.25) is 0 Å². The van der Waals surface area contributed by atoms with Gasteiger partial charge in [0.05, 0.1) is 12.1 Å². The molecule has 1 fully saturated rings. The van der Waals surface area contributed by atoms with E-state index in [2.05, 4.69) is 15.3 Å². The van der Waals surface area contributed by atoms with Crippen LogP contribution < -0.4 is 10.9 Å². The van der Waals surface area contributed by atoms with Crippen molar-refractivity contribution in [1.29, 1.82) is 0 Å². The summed E-state index contributed by atoms with van der Waals surface area (Å²) >= 11 is 0. The zero-order valence-corrected chi connectivity index (χ0v) is 20.5. The molecule has 1 aliphatic carbocycles. The molecule has 2 aromatic heterocycles. The minimum Gasteiger partial charge on any atom is -0.460 e. The highest BCUT2D eigenvalue weighted by atomic mass is 19.1. The zero-order valence-electron chi connectivity index (χ0n) is 20.5. The number of aryl methyl sites for hydroxylation is 1. The minimum atomic E-state index is -0.544. The maximum absolute atomic E-state index is 14.7. The van der Waals surface area contributed by atoms with Crippen molar-refractivity contribution < 1.29 is 13.9 Å². The van der Waals surface area contributed by atoms with Crippen molar-refractivity contribution >= 4 is 11.9 Å². The standard InChI is InChI=1S/C27H31FN4O3/c1-17-12-13-32(23(33)14-17)21-7-5-6-19(15-21)24-22(28)16-29-26(31-24)30-20-10-8-18(9-11-20)25(34)35-27(2,3)4/h5-7,12-16,18,20H,8-11H2,1-4H3,(H,29,30,31)/t18-,20-. The van der Waals surface area contributed by atoms with Gasteiger partial charge < -0.3 is 10.1 Å². The normalized spacial score (nSPS) is 18.2. The molecule has 0 bridgehead atoms. The van der Waals surface area contributed by atoms with Crippen molar-refractivity contribution in [1.82, 2.24) is 14.5 Å². The van der Waals surface area contributed by atoms with Gasteiger partial charge in [0.25, 0.3) is 5.56 Å². The van der Waals surface area contributed by atoms with E-state index in [-0.39, 0.29) is 29.2 Å². The molecule has 0 aliphatic heterocycles. The van der Waals surface area contributed by atoms with Crippen LogP contribution in [0.4, 0.5) is 10.3 Å². The first-order valence-corrected chi connectivity index (χ1v) is 11.9. The van der Waals surface area contributed by atoms with Gasteiger partial charge in [0.2, 0.25) is 5.95 Å². The number of halogens is 1. The largest absolute Gasteiger partial charge is 0.460 e. The van der Waals surface area contributed by atoms with Gasteiger partial charge in [0, 0.05) is 29.6 Å². The van der Waals surface area contributed by atoms with Crippen LogP contribution in [-0.4, -0.2) is 32.1 Å². The van der Waals surface area contributed by atoms with Crippen LogP contribution in [0.5, 0.6) is 0 Å². The number of hydrogen-bond donors (Lipinski definition) is 1. The molecule has 0 radical (unpaired) electrons. The maximum atomic E-state index is 14.7. The van der Waals surface area contributed by atoms with Gasteiger partial charge in [-0.3, -0.25) is 14.2 Å². The van der Waals surface area contributed by atoms with Gasteiger partial charge in [-0.2, -0.15) is 0 Å². The third-order valence-electron chi connectivity index (χ3n) is 6.02. The molecule has 3 aromatic rings. The summed E-state index contributed by atoms with van der Waals surface area (Å²) in [6.07, 6.45) is 5.83. The number of anilines is 1. The smallest absolute Gasteiger partial charge is 0.309 e. The number of benzene rings is 1. The summed E-state index contributed by atoms with van der Waals surface area (Å²) in [5.74, 6) is -0.466. The number of rotatable bonds is 5. The molecular weight excluding hydrogens is 447 g/mol. The van der Waals surface area contributed by atoms with Crippen LogP contribution in [0.3, 0.4) is 0 Å². The number of esters is 1. The first-order valence-electron chi connectivity index (χ1n) is 11.9. The molecular formula is C27H31FN4O3. The average molecular weight is 479 g/mol. The molecule has 0 unspecified atom stereocenters. The van der Waals surface area contributed by atoms with Crippen LogP contribution in [0.1, 0.15) is 52.0 Å². The number of carbonyl (C=O) groups is 1. The molecule has 0 saturated heterocycles. The average Bonchev–Trinajstić information content (AvgIpc) is 2.80. The first kappa shape index (κ1) is 24.6. The van der Waals surface area contributed by atoms with E-state index in [9.17, 15) is 14.0 Å². The van der Waals surface area contributed by atoms with Gasteiger partial charge in [-0.05, 0) is 77.1 Å². The third-order valence-corrected chi connectivity index (χ3v) is 6.02. The predicted molar refractivity (Wildman–Crippen MR) is 133 cm³/mol. The molecule has 1 saturated carbocycles. The van der Waals surface area contributed by atoms with Crippen molar-refractivity contribution in [2.75, 3.05) is 5.32 Å². The molecule has 0 spiro atoms. The molecule has 184 valence electrons. The maximum Gasteiger partial charge on any atom is 0.309 e. The van der Waals surface area contributed by atoms with Gasteiger partial charge >= 0.3 is 5.97 Å². The number of nitrogens with zero attached hydrogens (tertiary/aromatic N) is 3. The molecule has 7 nitrogen and oxygen atoms in total. The zero-order chi connectivity index (χ0) is 25.2. The molecule has 35 heavy (non-hydrogen) atoms. The lowest BCUT2D eigenvalue weighted by Gasteiger charge is -2.30. The number of nitrogens with one attached hydrogen (secondary N) is 1. The Labute approximate surface area is 204 Å². The summed E-state index contributed by atoms with van der Waals surface area (Å²) < 4.78 is 21.7. The molecule has 1 aromatic carbocycles. The number of hydrogen-bond acceptors (Lipinski definition) is 6. The Morgan fingerprint density at radius 3 is 2.57 bits per heavy atom.